The predicted octanol–water partition coefficient (Wildman–Crippen LogP) is 36.8. The third kappa shape index (κ3) is 31.5. The zero-order valence-corrected chi connectivity index (χ0v) is 77.4. The second-order valence-corrected chi connectivity index (χ2v) is 35.8. The molecule has 0 aliphatic rings. The summed E-state index contributed by atoms with van der Waals surface area (Å²) in [5.74, 6) is 5.65. The van der Waals surface area contributed by atoms with E-state index in [0.717, 1.165) is 200 Å². The van der Waals surface area contributed by atoms with Crippen LogP contribution in [0.2, 0.25) is 0 Å². The van der Waals surface area contributed by atoms with Crippen molar-refractivity contribution in [2.45, 2.75) is 382 Å². The number of hydrogen-bond donors (Lipinski definition) is 0. The van der Waals surface area contributed by atoms with Gasteiger partial charge in [0, 0.05) is 10.8 Å². The summed E-state index contributed by atoms with van der Waals surface area (Å²) in [5, 5.41) is 20.5. The molecule has 121 heavy (non-hydrogen) atoms. The van der Waals surface area contributed by atoms with Crippen LogP contribution < -0.4 is 33.2 Å². The molecule has 0 aromatic heterocycles. The van der Waals surface area contributed by atoms with Crippen molar-refractivity contribution in [3.05, 3.63) is 140 Å². The van der Waals surface area contributed by atoms with Crippen LogP contribution in [0.25, 0.3) is 97.0 Å². The van der Waals surface area contributed by atoms with Gasteiger partial charge in [0.25, 0.3) is 0 Å². The van der Waals surface area contributed by atoms with E-state index in [2.05, 4.69) is 188 Å². The van der Waals surface area contributed by atoms with Crippen LogP contribution in [0.3, 0.4) is 0 Å². The smallest absolute Gasteiger partial charge is 0.204 e. The van der Waals surface area contributed by atoms with Crippen LogP contribution in [0.4, 0.5) is 0 Å². The second kappa shape index (κ2) is 57.0. The monoisotopic (exact) mass is 1640 g/mol. The van der Waals surface area contributed by atoms with Gasteiger partial charge in [0.05, 0.1) is 46.2 Å². The van der Waals surface area contributed by atoms with Gasteiger partial charge in [0.2, 0.25) is 11.5 Å². The van der Waals surface area contributed by atoms with Gasteiger partial charge in [-0.3, -0.25) is 0 Å². The van der Waals surface area contributed by atoms with Crippen molar-refractivity contribution >= 4 is 97.0 Å². The summed E-state index contributed by atoms with van der Waals surface area (Å²) in [6.45, 7) is 20.5. The SMILES string of the molecule is CCCCCCCCCCOc1cc2cc3ccc4cc5cc(OCCCCCCCCCC)c(OCCCCCCCCCC)c(OCCCCCCCCCC)c5c5ccc(ccc6cc7ccc(OCCCCCC)cc7c7ccc(ccc8ccc(c3c8)c2c(OCCCCCCCCCC)c1OCCCCCCCCCC)cc67)cc45. The third-order valence-electron chi connectivity index (χ3n) is 25.4. The molecule has 10 rings (SSSR count). The number of ether oxygens (including phenoxy) is 7. The summed E-state index contributed by atoms with van der Waals surface area (Å²) in [5.41, 5.74) is 0. The number of unbranched alkanes of at least 4 members (excludes halogenated alkanes) is 45. The quantitative estimate of drug-likeness (QED) is 0.0278. The molecule has 0 saturated heterocycles. The summed E-state index contributed by atoms with van der Waals surface area (Å²) in [4.78, 5) is 0. The van der Waals surface area contributed by atoms with Crippen LogP contribution in [0.15, 0.2) is 140 Å². The van der Waals surface area contributed by atoms with E-state index in [-0.39, 0.29) is 0 Å². The Hall–Kier alpha value is -7.64. The van der Waals surface area contributed by atoms with Gasteiger partial charge in [-0.25, -0.2) is 0 Å². The van der Waals surface area contributed by atoms with Crippen molar-refractivity contribution in [2.75, 3.05) is 46.2 Å². The lowest BCUT2D eigenvalue weighted by molar-refractivity contribution is 0.236. The highest BCUT2D eigenvalue weighted by molar-refractivity contribution is 6.22. The summed E-state index contributed by atoms with van der Waals surface area (Å²) in [7, 11) is 0. The van der Waals surface area contributed by atoms with E-state index in [4.69, 9.17) is 33.2 Å². The lowest BCUT2D eigenvalue weighted by Crippen LogP contribution is -2.07. The molecule has 10 aromatic carbocycles. The molecule has 6 bridgehead atoms. The molecule has 0 N–H and O–H groups in total. The number of rotatable bonds is 66. The molecule has 7 heteroatoms. The maximum atomic E-state index is 7.42. The number of fused-ring (bicyclic) bond motifs is 9. The van der Waals surface area contributed by atoms with Gasteiger partial charge in [-0.1, -0.05) is 416 Å². The Labute approximate surface area is 734 Å². The van der Waals surface area contributed by atoms with Crippen LogP contribution in [-0.4, -0.2) is 46.2 Å². The van der Waals surface area contributed by atoms with Gasteiger partial charge in [-0.05, 0) is 192 Å². The lowest BCUT2D eigenvalue weighted by Gasteiger charge is -2.21. The molecule has 660 valence electrons. The molecular weight excluding hydrogens is 1480 g/mol. The van der Waals surface area contributed by atoms with Crippen molar-refractivity contribution in [2.24, 2.45) is 0 Å². The second-order valence-electron chi connectivity index (χ2n) is 35.8. The highest BCUT2D eigenvalue weighted by Crippen LogP contribution is 2.51. The fraction of sp³-hybridized carbons (Fsp3) is 0.579. The molecule has 0 amide bonds. The van der Waals surface area contributed by atoms with Crippen LogP contribution in [-0.2, 0) is 0 Å². The minimum Gasteiger partial charge on any atom is -0.494 e. The maximum absolute atomic E-state index is 7.42. The Morgan fingerprint density at radius 2 is 0.380 bits per heavy atom. The lowest BCUT2D eigenvalue weighted by atomic mass is 9.95. The van der Waals surface area contributed by atoms with Gasteiger partial charge in [0.15, 0.2) is 23.0 Å². The molecule has 0 aliphatic heterocycles. The molecule has 0 fully saturated rings. The number of benzene rings is 9. The van der Waals surface area contributed by atoms with E-state index in [1.54, 1.807) is 0 Å². The minimum atomic E-state index is 0.607. The summed E-state index contributed by atoms with van der Waals surface area (Å²) in [6.07, 6.45) is 63.9. The van der Waals surface area contributed by atoms with Crippen molar-refractivity contribution < 1.29 is 33.2 Å². The summed E-state index contributed by atoms with van der Waals surface area (Å²) >= 11 is 0. The van der Waals surface area contributed by atoms with Crippen LogP contribution in [0.5, 0.6) is 40.2 Å². The molecule has 0 spiro atoms. The van der Waals surface area contributed by atoms with E-state index in [9.17, 15) is 0 Å². The fourth-order valence-electron chi connectivity index (χ4n) is 18.1. The van der Waals surface area contributed by atoms with E-state index in [1.807, 2.05) is 0 Å². The fourth-order valence-corrected chi connectivity index (χ4v) is 18.1. The highest BCUT2D eigenvalue weighted by Gasteiger charge is 2.24. The Balaban J connectivity index is 1.20. The van der Waals surface area contributed by atoms with Crippen molar-refractivity contribution in [1.82, 2.24) is 0 Å². The molecule has 10 aromatic rings. The first-order chi connectivity index (χ1) is 59.9. The Morgan fingerprint density at radius 1 is 0.157 bits per heavy atom. The molecule has 0 heterocycles. The highest BCUT2D eigenvalue weighted by atomic mass is 16.5. The van der Waals surface area contributed by atoms with Gasteiger partial charge < -0.3 is 33.2 Å². The van der Waals surface area contributed by atoms with Crippen LogP contribution in [0.1, 0.15) is 382 Å². The van der Waals surface area contributed by atoms with Gasteiger partial charge >= 0.3 is 0 Å². The van der Waals surface area contributed by atoms with E-state index >= 15 is 0 Å². The van der Waals surface area contributed by atoms with E-state index in [1.165, 1.54) is 277 Å². The first kappa shape index (κ1) is 95.6. The van der Waals surface area contributed by atoms with Crippen molar-refractivity contribution in [3.8, 4) is 40.2 Å². The molecule has 0 unspecified atom stereocenters. The standard InChI is InChI=1S/C114H162O7/c1-8-15-22-29-35-41-47-54-75-116-107-87-97-85-94-67-68-95-86-98-88-108(117-76-55-48-42-36-30-23-16-9-2)112(119-78-57-50-44-38-32-25-18-11-4)114(121-80-59-52-46-40-34-27-20-13-6)110(98)102-73-65-92(83-105(95)102)62-66-93-84-96-69-70-99(115-74-53-28-21-14-7)89-106(96)100-71-63-90(81-103(93)100)60-61-91-64-72-101(104(94)82-91)109(97)113(120-79-58-51-45-39-33-26-19-12-5)111(107)118-77-56-49-43-37-31-24-17-10-3/h60-73,81-89H,8-59,74-80H2,1-7H3. The Kier molecular flexibility index (Phi) is 45.0. The van der Waals surface area contributed by atoms with E-state index < -0.39 is 0 Å². The molecule has 0 atom stereocenters. The zero-order chi connectivity index (χ0) is 84.4. The van der Waals surface area contributed by atoms with Crippen LogP contribution >= 0.6 is 0 Å². The molecule has 0 radical (unpaired) electrons. The molecular formula is C114H162O7. The minimum absolute atomic E-state index is 0.607. The predicted molar refractivity (Wildman–Crippen MR) is 529 cm³/mol. The molecule has 7 nitrogen and oxygen atoms in total. The summed E-state index contributed by atoms with van der Waals surface area (Å²) < 4.78 is 50.1. The third-order valence-corrected chi connectivity index (χ3v) is 25.4. The molecule has 0 aliphatic carbocycles. The average Bonchev–Trinajstić information content (AvgIpc) is 0.733. The van der Waals surface area contributed by atoms with Gasteiger partial charge in [0.1, 0.15) is 5.75 Å². The van der Waals surface area contributed by atoms with Crippen molar-refractivity contribution in [1.29, 1.82) is 0 Å². The van der Waals surface area contributed by atoms with Crippen molar-refractivity contribution in [3.63, 3.8) is 0 Å². The normalized spacial score (nSPS) is 11.7. The largest absolute Gasteiger partial charge is 0.494 e. The topological polar surface area (TPSA) is 64.6 Å². The zero-order valence-electron chi connectivity index (χ0n) is 77.4. The van der Waals surface area contributed by atoms with Crippen LogP contribution in [0, 0.1) is 0 Å². The summed E-state index contributed by atoms with van der Waals surface area (Å²) in [6, 6.07) is 53.9. The van der Waals surface area contributed by atoms with Gasteiger partial charge in [-0.2, -0.15) is 0 Å². The maximum Gasteiger partial charge on any atom is 0.204 e. The Bertz CT molecular complexity index is 4720. The first-order valence-corrected chi connectivity index (χ1v) is 50.5. The molecule has 0 saturated carbocycles. The van der Waals surface area contributed by atoms with Gasteiger partial charge in [-0.15, -0.1) is 0 Å². The average molecular weight is 1640 g/mol. The number of hydrogen-bond acceptors (Lipinski definition) is 7. The first-order valence-electron chi connectivity index (χ1n) is 50.5. The van der Waals surface area contributed by atoms with E-state index in [0.29, 0.717) is 39.6 Å². The Morgan fingerprint density at radius 3 is 0.711 bits per heavy atom.